The van der Waals surface area contributed by atoms with Gasteiger partial charge in [-0.2, -0.15) is 0 Å². The molecule has 0 N–H and O–H groups in total. The van der Waals surface area contributed by atoms with Crippen LogP contribution in [0.2, 0.25) is 0 Å². The summed E-state index contributed by atoms with van der Waals surface area (Å²) in [6.07, 6.45) is 67.4. The van der Waals surface area contributed by atoms with E-state index in [2.05, 4.69) is 93.7 Å². The van der Waals surface area contributed by atoms with Crippen LogP contribution in [-0.2, 0) is 28.6 Å². The number of carbonyl (C=O) groups is 3. The lowest BCUT2D eigenvalue weighted by atomic mass is 10.0. The summed E-state index contributed by atoms with van der Waals surface area (Å²) in [5, 5.41) is 0. The van der Waals surface area contributed by atoms with Crippen molar-refractivity contribution >= 4 is 17.9 Å². The second-order valence-electron chi connectivity index (χ2n) is 18.1. The van der Waals surface area contributed by atoms with Gasteiger partial charge in [-0.05, 0) is 96.3 Å². The van der Waals surface area contributed by atoms with Gasteiger partial charge in [0, 0.05) is 19.3 Å². The highest BCUT2D eigenvalue weighted by molar-refractivity contribution is 5.71. The lowest BCUT2D eigenvalue weighted by Gasteiger charge is -2.18. The SMILES string of the molecule is CCCCC/C=C\C/C=C\C/C=C\C/C=C\CCCCCC(=O)OC[C@H](COC(=O)CCCCCCCCCCCCCCC)OC(=O)CCCCCCC/C=C\C/C=C\CCCCC. The van der Waals surface area contributed by atoms with Crippen LogP contribution in [-0.4, -0.2) is 37.2 Å². The Morgan fingerprint density at radius 3 is 0.908 bits per heavy atom. The molecule has 0 heterocycles. The zero-order valence-electron chi connectivity index (χ0n) is 42.7. The molecular weight excluding hydrogens is 805 g/mol. The average molecular weight is 907 g/mol. The third kappa shape index (κ3) is 51.7. The molecule has 0 spiro atoms. The number of hydrogen-bond donors (Lipinski definition) is 0. The van der Waals surface area contributed by atoms with Crippen molar-refractivity contribution in [2.45, 2.75) is 271 Å². The molecule has 0 aliphatic rings. The van der Waals surface area contributed by atoms with Crippen molar-refractivity contribution in [1.82, 2.24) is 0 Å². The van der Waals surface area contributed by atoms with Gasteiger partial charge in [-0.3, -0.25) is 14.4 Å². The van der Waals surface area contributed by atoms with Crippen LogP contribution < -0.4 is 0 Å². The highest BCUT2D eigenvalue weighted by atomic mass is 16.6. The molecule has 0 saturated carbocycles. The van der Waals surface area contributed by atoms with Gasteiger partial charge in [-0.25, -0.2) is 0 Å². The molecule has 1 atom stereocenters. The molecule has 0 fully saturated rings. The minimum absolute atomic E-state index is 0.0897. The molecule has 0 unspecified atom stereocenters. The fourth-order valence-corrected chi connectivity index (χ4v) is 7.51. The average Bonchev–Trinajstić information content (AvgIpc) is 3.30. The molecule has 0 aromatic rings. The number of unbranched alkanes of at least 4 members (excludes halogenated alkanes) is 26. The Morgan fingerprint density at radius 1 is 0.308 bits per heavy atom. The monoisotopic (exact) mass is 907 g/mol. The van der Waals surface area contributed by atoms with Crippen molar-refractivity contribution in [3.05, 3.63) is 72.9 Å². The van der Waals surface area contributed by atoms with Crippen LogP contribution in [0, 0.1) is 0 Å². The molecule has 0 amide bonds. The van der Waals surface area contributed by atoms with Crippen molar-refractivity contribution in [3.63, 3.8) is 0 Å². The van der Waals surface area contributed by atoms with Gasteiger partial charge in [0.2, 0.25) is 0 Å². The van der Waals surface area contributed by atoms with Gasteiger partial charge in [-0.15, -0.1) is 0 Å². The topological polar surface area (TPSA) is 78.9 Å². The van der Waals surface area contributed by atoms with E-state index in [4.69, 9.17) is 14.2 Å². The van der Waals surface area contributed by atoms with Gasteiger partial charge in [-0.1, -0.05) is 222 Å². The minimum atomic E-state index is -0.794. The molecule has 0 rings (SSSR count). The number of ether oxygens (including phenoxy) is 3. The Balaban J connectivity index is 4.45. The molecule has 0 saturated heterocycles. The summed E-state index contributed by atoms with van der Waals surface area (Å²) in [5.41, 5.74) is 0. The first-order chi connectivity index (χ1) is 32.0. The molecule has 0 aliphatic carbocycles. The summed E-state index contributed by atoms with van der Waals surface area (Å²) < 4.78 is 16.8. The van der Waals surface area contributed by atoms with Crippen molar-refractivity contribution in [1.29, 1.82) is 0 Å². The first kappa shape index (κ1) is 61.9. The van der Waals surface area contributed by atoms with Gasteiger partial charge < -0.3 is 14.2 Å². The lowest BCUT2D eigenvalue weighted by molar-refractivity contribution is -0.167. The summed E-state index contributed by atoms with van der Waals surface area (Å²) in [7, 11) is 0. The Hall–Kier alpha value is -3.15. The molecule has 65 heavy (non-hydrogen) atoms. The van der Waals surface area contributed by atoms with Crippen LogP contribution in [0.1, 0.15) is 265 Å². The zero-order chi connectivity index (χ0) is 47.2. The number of esters is 3. The maximum absolute atomic E-state index is 12.8. The molecule has 0 aromatic heterocycles. The molecular formula is C59H102O6. The van der Waals surface area contributed by atoms with Crippen LogP contribution >= 0.6 is 0 Å². The lowest BCUT2D eigenvalue weighted by Crippen LogP contribution is -2.30. The Labute approximate surface area is 402 Å². The quantitative estimate of drug-likeness (QED) is 0.0262. The van der Waals surface area contributed by atoms with Crippen LogP contribution in [0.5, 0.6) is 0 Å². The highest BCUT2D eigenvalue weighted by Crippen LogP contribution is 2.15. The van der Waals surface area contributed by atoms with E-state index in [1.807, 2.05) is 0 Å². The molecule has 0 radical (unpaired) electrons. The summed E-state index contributed by atoms with van der Waals surface area (Å²) in [6, 6.07) is 0. The molecule has 374 valence electrons. The van der Waals surface area contributed by atoms with E-state index in [9.17, 15) is 14.4 Å². The van der Waals surface area contributed by atoms with E-state index in [1.165, 1.54) is 116 Å². The largest absolute Gasteiger partial charge is 0.462 e. The second kappa shape index (κ2) is 53.5. The third-order valence-corrected chi connectivity index (χ3v) is 11.7. The van der Waals surface area contributed by atoms with Crippen molar-refractivity contribution in [2.75, 3.05) is 13.2 Å². The predicted molar refractivity (Wildman–Crippen MR) is 279 cm³/mol. The van der Waals surface area contributed by atoms with Crippen LogP contribution in [0.15, 0.2) is 72.9 Å². The second-order valence-corrected chi connectivity index (χ2v) is 18.1. The Bertz CT molecular complexity index is 1230. The molecule has 6 nitrogen and oxygen atoms in total. The summed E-state index contributed by atoms with van der Waals surface area (Å²) in [4.78, 5) is 38.0. The van der Waals surface area contributed by atoms with E-state index in [-0.39, 0.29) is 31.1 Å². The Morgan fingerprint density at radius 2 is 0.554 bits per heavy atom. The van der Waals surface area contributed by atoms with E-state index in [0.29, 0.717) is 19.3 Å². The summed E-state index contributed by atoms with van der Waals surface area (Å²) >= 11 is 0. The number of rotatable bonds is 49. The van der Waals surface area contributed by atoms with E-state index < -0.39 is 6.10 Å². The first-order valence-corrected chi connectivity index (χ1v) is 27.4. The summed E-state index contributed by atoms with van der Waals surface area (Å²) in [6.45, 7) is 6.55. The molecule has 0 aromatic carbocycles. The normalized spacial score (nSPS) is 12.6. The van der Waals surface area contributed by atoms with Crippen molar-refractivity contribution < 1.29 is 28.6 Å². The van der Waals surface area contributed by atoms with Crippen LogP contribution in [0.4, 0.5) is 0 Å². The maximum atomic E-state index is 12.8. The molecule has 0 aliphatic heterocycles. The smallest absolute Gasteiger partial charge is 0.306 e. The van der Waals surface area contributed by atoms with E-state index >= 15 is 0 Å². The van der Waals surface area contributed by atoms with Gasteiger partial charge in [0.25, 0.3) is 0 Å². The van der Waals surface area contributed by atoms with Crippen molar-refractivity contribution in [3.8, 4) is 0 Å². The van der Waals surface area contributed by atoms with E-state index in [0.717, 1.165) is 109 Å². The number of hydrogen-bond acceptors (Lipinski definition) is 6. The maximum Gasteiger partial charge on any atom is 0.306 e. The summed E-state index contributed by atoms with van der Waals surface area (Å²) in [5.74, 6) is -0.930. The standard InChI is InChI=1S/C59H102O6/c1-4-7-10-13-16-19-22-25-27-28-29-30-32-34-37-40-43-46-49-52-58(61)64-55-56(54-63-57(60)51-48-45-42-39-36-33-24-21-18-15-12-9-6-3)65-59(62)53-50-47-44-41-38-35-31-26-23-20-17-14-11-8-5-2/h16-17,19-20,25-27,29-31,34,37,56H,4-15,18,21-24,28,32-33,35-36,38-55H2,1-3H3/b19-16-,20-17-,27-25-,30-29-,31-26-,37-34-/t56-/m0/s1. The number of allylic oxidation sites excluding steroid dienone is 12. The van der Waals surface area contributed by atoms with Crippen molar-refractivity contribution in [2.24, 2.45) is 0 Å². The fourth-order valence-electron chi connectivity index (χ4n) is 7.51. The predicted octanol–water partition coefficient (Wildman–Crippen LogP) is 18.2. The Kier molecular flexibility index (Phi) is 50.9. The third-order valence-electron chi connectivity index (χ3n) is 11.7. The number of carbonyl (C=O) groups excluding carboxylic acids is 3. The van der Waals surface area contributed by atoms with Gasteiger partial charge in [0.05, 0.1) is 0 Å². The van der Waals surface area contributed by atoms with Gasteiger partial charge >= 0.3 is 17.9 Å². The highest BCUT2D eigenvalue weighted by Gasteiger charge is 2.19. The molecule has 0 bridgehead atoms. The molecule has 6 heteroatoms. The zero-order valence-corrected chi connectivity index (χ0v) is 42.7. The first-order valence-electron chi connectivity index (χ1n) is 27.4. The van der Waals surface area contributed by atoms with Gasteiger partial charge in [0.15, 0.2) is 6.10 Å². The van der Waals surface area contributed by atoms with Gasteiger partial charge in [0.1, 0.15) is 13.2 Å². The fraction of sp³-hybridized carbons (Fsp3) is 0.746. The van der Waals surface area contributed by atoms with Crippen LogP contribution in [0.25, 0.3) is 0 Å². The minimum Gasteiger partial charge on any atom is -0.462 e. The van der Waals surface area contributed by atoms with Crippen LogP contribution in [0.3, 0.4) is 0 Å². The van der Waals surface area contributed by atoms with E-state index in [1.54, 1.807) is 0 Å².